The number of amides is 1. The number of hydrogen-bond donors (Lipinski definition) is 1. The first kappa shape index (κ1) is 18.1. The molecule has 1 aromatic carbocycles. The molecule has 2 aliphatic rings. The third-order valence-corrected chi connectivity index (χ3v) is 5.73. The fourth-order valence-electron chi connectivity index (χ4n) is 4.67. The van der Waals surface area contributed by atoms with Crippen LogP contribution in [0.4, 0.5) is 4.39 Å². The van der Waals surface area contributed by atoms with Crippen molar-refractivity contribution in [3.63, 3.8) is 0 Å². The number of aliphatic hydroxyl groups is 1. The Kier molecular flexibility index (Phi) is 5.02. The van der Waals surface area contributed by atoms with Crippen molar-refractivity contribution in [3.05, 3.63) is 29.6 Å². The van der Waals surface area contributed by atoms with Crippen molar-refractivity contribution in [3.8, 4) is 5.75 Å². The van der Waals surface area contributed by atoms with Gasteiger partial charge in [-0.25, -0.2) is 4.39 Å². The lowest BCUT2D eigenvalue weighted by Gasteiger charge is -2.40. The van der Waals surface area contributed by atoms with E-state index in [1.807, 2.05) is 11.8 Å². The van der Waals surface area contributed by atoms with E-state index >= 15 is 0 Å². The molecule has 1 aromatic rings. The molecule has 5 nitrogen and oxygen atoms in total. The zero-order chi connectivity index (χ0) is 18.2. The van der Waals surface area contributed by atoms with Crippen molar-refractivity contribution < 1.29 is 19.0 Å². The fraction of sp³-hybridized carbons (Fsp3) is 0.632. The van der Waals surface area contributed by atoms with Gasteiger partial charge < -0.3 is 14.7 Å². The summed E-state index contributed by atoms with van der Waals surface area (Å²) in [5.74, 6) is 0.299. The molecule has 0 aromatic heterocycles. The van der Waals surface area contributed by atoms with E-state index in [0.29, 0.717) is 18.0 Å². The number of carbonyl (C=O) groups is 1. The standard InChI is InChI=1S/C19H27FN2O3/c1-13(24)22-16-7-8-21(11-15(16)9-19(22,2)12-23)10-14-5-4-6-17(25-3)18(14)20/h4-6,15-16,23H,7-12H2,1-3H3/t15-,16-,19+/m0/s1. The highest BCUT2D eigenvalue weighted by Gasteiger charge is 2.51. The summed E-state index contributed by atoms with van der Waals surface area (Å²) in [6, 6.07) is 5.39. The molecule has 3 rings (SSSR count). The molecule has 3 atom stereocenters. The number of aliphatic hydroxyl groups excluding tert-OH is 1. The maximum absolute atomic E-state index is 14.4. The van der Waals surface area contributed by atoms with E-state index in [9.17, 15) is 14.3 Å². The van der Waals surface area contributed by atoms with E-state index in [4.69, 9.17) is 4.74 Å². The minimum atomic E-state index is -0.488. The van der Waals surface area contributed by atoms with Crippen molar-refractivity contribution in [2.45, 2.75) is 44.8 Å². The monoisotopic (exact) mass is 350 g/mol. The zero-order valence-corrected chi connectivity index (χ0v) is 15.2. The van der Waals surface area contributed by atoms with Crippen molar-refractivity contribution in [2.24, 2.45) is 5.92 Å². The van der Waals surface area contributed by atoms with E-state index in [1.165, 1.54) is 7.11 Å². The summed E-state index contributed by atoms with van der Waals surface area (Å²) in [6.07, 6.45) is 1.64. The normalized spacial score (nSPS) is 29.6. The smallest absolute Gasteiger partial charge is 0.220 e. The number of hydrogen-bond acceptors (Lipinski definition) is 4. The number of carbonyl (C=O) groups excluding carboxylic acids is 1. The summed E-state index contributed by atoms with van der Waals surface area (Å²) in [7, 11) is 1.47. The predicted molar refractivity (Wildman–Crippen MR) is 92.8 cm³/mol. The number of methoxy groups -OCH3 is 1. The highest BCUT2D eigenvalue weighted by atomic mass is 19.1. The molecule has 138 valence electrons. The topological polar surface area (TPSA) is 53.0 Å². The zero-order valence-electron chi connectivity index (χ0n) is 15.2. The van der Waals surface area contributed by atoms with Crippen LogP contribution in [0.25, 0.3) is 0 Å². The molecule has 2 saturated heterocycles. The molecule has 0 unspecified atom stereocenters. The molecule has 1 amide bonds. The third-order valence-electron chi connectivity index (χ3n) is 5.73. The second-order valence-corrected chi connectivity index (χ2v) is 7.53. The highest BCUT2D eigenvalue weighted by molar-refractivity contribution is 5.75. The molecule has 2 fully saturated rings. The van der Waals surface area contributed by atoms with Crippen LogP contribution in [0.2, 0.25) is 0 Å². The third kappa shape index (κ3) is 3.25. The van der Waals surface area contributed by atoms with Crippen LogP contribution in [0, 0.1) is 11.7 Å². The number of ether oxygens (including phenoxy) is 1. The minimum Gasteiger partial charge on any atom is -0.494 e. The first-order valence-electron chi connectivity index (χ1n) is 8.84. The summed E-state index contributed by atoms with van der Waals surface area (Å²) < 4.78 is 19.5. The van der Waals surface area contributed by atoms with Crippen LogP contribution in [0.5, 0.6) is 5.75 Å². The fourth-order valence-corrected chi connectivity index (χ4v) is 4.67. The number of halogens is 1. The largest absolute Gasteiger partial charge is 0.494 e. The van der Waals surface area contributed by atoms with Gasteiger partial charge in [0.1, 0.15) is 0 Å². The Labute approximate surface area is 148 Å². The average Bonchev–Trinajstić information content (AvgIpc) is 2.89. The Morgan fingerprint density at radius 3 is 2.88 bits per heavy atom. The van der Waals surface area contributed by atoms with Gasteiger partial charge >= 0.3 is 0 Å². The molecule has 2 heterocycles. The van der Waals surface area contributed by atoms with Crippen molar-refractivity contribution in [2.75, 3.05) is 26.8 Å². The lowest BCUT2D eigenvalue weighted by molar-refractivity contribution is -0.137. The number of benzene rings is 1. The van der Waals surface area contributed by atoms with Gasteiger partial charge in [0.2, 0.25) is 5.91 Å². The SMILES string of the molecule is COc1cccc(CN2CC[C@H]3[C@H](C2)C[C@](C)(CO)N3C(C)=O)c1F. The van der Waals surface area contributed by atoms with Gasteiger partial charge in [-0.15, -0.1) is 0 Å². The number of piperidine rings is 1. The Balaban J connectivity index is 1.73. The highest BCUT2D eigenvalue weighted by Crippen LogP contribution is 2.42. The molecule has 1 N–H and O–H groups in total. The molecular weight excluding hydrogens is 323 g/mol. The summed E-state index contributed by atoms with van der Waals surface area (Å²) >= 11 is 0. The van der Waals surface area contributed by atoms with Crippen LogP contribution in [0.1, 0.15) is 32.3 Å². The maximum Gasteiger partial charge on any atom is 0.220 e. The van der Waals surface area contributed by atoms with Crippen LogP contribution in [-0.2, 0) is 11.3 Å². The van der Waals surface area contributed by atoms with E-state index in [0.717, 1.165) is 25.9 Å². The summed E-state index contributed by atoms with van der Waals surface area (Å²) in [4.78, 5) is 16.2. The molecule has 0 radical (unpaired) electrons. The van der Waals surface area contributed by atoms with Crippen molar-refractivity contribution in [1.29, 1.82) is 0 Å². The maximum atomic E-state index is 14.4. The van der Waals surface area contributed by atoms with Gasteiger partial charge in [0.15, 0.2) is 11.6 Å². The lowest BCUT2D eigenvalue weighted by atomic mass is 9.89. The summed E-state index contributed by atoms with van der Waals surface area (Å²) in [6.45, 7) is 5.66. The second kappa shape index (κ2) is 6.92. The van der Waals surface area contributed by atoms with Gasteiger partial charge in [0.05, 0.1) is 19.3 Å². The Morgan fingerprint density at radius 1 is 1.48 bits per heavy atom. The van der Waals surface area contributed by atoms with Gasteiger partial charge in [-0.1, -0.05) is 12.1 Å². The van der Waals surface area contributed by atoms with E-state index < -0.39 is 5.54 Å². The molecule has 2 aliphatic heterocycles. The first-order chi connectivity index (χ1) is 11.9. The summed E-state index contributed by atoms with van der Waals surface area (Å²) in [5, 5.41) is 9.82. The van der Waals surface area contributed by atoms with Crippen LogP contribution in [0.15, 0.2) is 18.2 Å². The molecule has 6 heteroatoms. The van der Waals surface area contributed by atoms with Gasteiger partial charge in [0.25, 0.3) is 0 Å². The van der Waals surface area contributed by atoms with Crippen molar-refractivity contribution >= 4 is 5.91 Å². The van der Waals surface area contributed by atoms with Crippen LogP contribution >= 0.6 is 0 Å². The second-order valence-electron chi connectivity index (χ2n) is 7.53. The van der Waals surface area contributed by atoms with E-state index in [1.54, 1.807) is 25.1 Å². The molecule has 25 heavy (non-hydrogen) atoms. The Morgan fingerprint density at radius 2 is 2.24 bits per heavy atom. The Hall–Kier alpha value is -1.66. The van der Waals surface area contributed by atoms with Gasteiger partial charge in [0, 0.05) is 38.2 Å². The van der Waals surface area contributed by atoms with Crippen LogP contribution in [0.3, 0.4) is 0 Å². The molecule has 0 bridgehead atoms. The number of rotatable bonds is 4. The van der Waals surface area contributed by atoms with Crippen molar-refractivity contribution in [1.82, 2.24) is 9.80 Å². The predicted octanol–water partition coefficient (Wildman–Crippen LogP) is 2.03. The van der Waals surface area contributed by atoms with Gasteiger partial charge in [-0.2, -0.15) is 0 Å². The van der Waals surface area contributed by atoms with Gasteiger partial charge in [-0.05, 0) is 31.7 Å². The number of nitrogens with zero attached hydrogens (tertiary/aromatic N) is 2. The number of fused-ring (bicyclic) bond motifs is 1. The molecule has 0 aliphatic carbocycles. The molecule has 0 spiro atoms. The van der Waals surface area contributed by atoms with E-state index in [-0.39, 0.29) is 30.1 Å². The quantitative estimate of drug-likeness (QED) is 0.903. The molecular formula is C19H27FN2O3. The average molecular weight is 350 g/mol. The minimum absolute atomic E-state index is 0.0237. The molecule has 0 saturated carbocycles. The van der Waals surface area contributed by atoms with E-state index in [2.05, 4.69) is 4.90 Å². The Bertz CT molecular complexity index is 654. The number of likely N-dealkylation sites (tertiary alicyclic amines) is 2. The van der Waals surface area contributed by atoms with Crippen LogP contribution in [-0.4, -0.2) is 59.2 Å². The van der Waals surface area contributed by atoms with Crippen LogP contribution < -0.4 is 4.74 Å². The first-order valence-corrected chi connectivity index (χ1v) is 8.84. The lowest BCUT2D eigenvalue weighted by Crippen LogP contribution is -2.52. The van der Waals surface area contributed by atoms with Gasteiger partial charge in [-0.3, -0.25) is 9.69 Å². The summed E-state index contributed by atoms with van der Waals surface area (Å²) in [5.41, 5.74) is 0.141.